The number of hydrogen-bond donors (Lipinski definition) is 1. The predicted molar refractivity (Wildman–Crippen MR) is 79.0 cm³/mol. The molecule has 17 heavy (non-hydrogen) atoms. The molecule has 1 atom stereocenters. The minimum atomic E-state index is 0.359. The van der Waals surface area contributed by atoms with Crippen molar-refractivity contribution in [2.24, 2.45) is 5.73 Å². The van der Waals surface area contributed by atoms with Gasteiger partial charge in [-0.15, -0.1) is 11.3 Å². The first-order valence-electron chi connectivity index (χ1n) is 5.37. The average Bonchev–Trinajstić information content (AvgIpc) is 2.73. The van der Waals surface area contributed by atoms with Crippen molar-refractivity contribution < 1.29 is 0 Å². The van der Waals surface area contributed by atoms with Crippen LogP contribution in [0.2, 0.25) is 5.02 Å². The molecule has 1 aromatic carbocycles. The van der Waals surface area contributed by atoms with Gasteiger partial charge in [0, 0.05) is 25.7 Å². The molecule has 0 radical (unpaired) electrons. The Morgan fingerprint density at radius 1 is 1.29 bits per heavy atom. The van der Waals surface area contributed by atoms with E-state index in [0.717, 1.165) is 15.9 Å². The minimum absolute atomic E-state index is 0.359. The lowest BCUT2D eigenvalue weighted by atomic mass is 9.95. The molecule has 0 aliphatic rings. The van der Waals surface area contributed by atoms with Crippen LogP contribution in [0.3, 0.4) is 0 Å². The van der Waals surface area contributed by atoms with Gasteiger partial charge in [0.2, 0.25) is 0 Å². The van der Waals surface area contributed by atoms with E-state index >= 15 is 0 Å². The zero-order valence-corrected chi connectivity index (χ0v) is 12.4. The maximum Gasteiger partial charge on any atom is 0.0406 e. The Labute approximate surface area is 119 Å². The van der Waals surface area contributed by atoms with Crippen LogP contribution in [-0.2, 0) is 6.42 Å². The van der Waals surface area contributed by atoms with Crippen molar-refractivity contribution in [3.05, 3.63) is 55.6 Å². The van der Waals surface area contributed by atoms with E-state index in [1.165, 1.54) is 10.4 Å². The fourth-order valence-corrected chi connectivity index (χ4v) is 3.43. The van der Waals surface area contributed by atoms with Crippen LogP contribution in [-0.4, -0.2) is 6.54 Å². The highest BCUT2D eigenvalue weighted by atomic mass is 79.9. The van der Waals surface area contributed by atoms with Crippen molar-refractivity contribution in [3.63, 3.8) is 0 Å². The van der Waals surface area contributed by atoms with Gasteiger partial charge in [-0.2, -0.15) is 0 Å². The summed E-state index contributed by atoms with van der Waals surface area (Å²) in [4.78, 5) is 1.35. The van der Waals surface area contributed by atoms with Gasteiger partial charge < -0.3 is 5.73 Å². The molecule has 2 N–H and O–H groups in total. The van der Waals surface area contributed by atoms with Crippen molar-refractivity contribution in [1.82, 2.24) is 0 Å². The van der Waals surface area contributed by atoms with Crippen LogP contribution in [0.15, 0.2) is 40.2 Å². The number of benzene rings is 1. The maximum atomic E-state index is 5.89. The minimum Gasteiger partial charge on any atom is -0.330 e. The largest absolute Gasteiger partial charge is 0.330 e. The third kappa shape index (κ3) is 3.55. The third-order valence-electron chi connectivity index (χ3n) is 2.70. The topological polar surface area (TPSA) is 26.0 Å². The van der Waals surface area contributed by atoms with Gasteiger partial charge in [0.25, 0.3) is 0 Å². The van der Waals surface area contributed by atoms with Crippen molar-refractivity contribution in [3.8, 4) is 0 Å². The lowest BCUT2D eigenvalue weighted by Crippen LogP contribution is -2.14. The summed E-state index contributed by atoms with van der Waals surface area (Å²) in [7, 11) is 0. The van der Waals surface area contributed by atoms with Crippen LogP contribution < -0.4 is 5.73 Å². The van der Waals surface area contributed by atoms with Gasteiger partial charge in [0.05, 0.1) is 0 Å². The van der Waals surface area contributed by atoms with Gasteiger partial charge in [-0.3, -0.25) is 0 Å². The Morgan fingerprint density at radius 2 is 2.00 bits per heavy atom. The molecule has 0 saturated carbocycles. The van der Waals surface area contributed by atoms with Gasteiger partial charge in [-0.25, -0.2) is 0 Å². The molecule has 2 aromatic rings. The second-order valence-corrected chi connectivity index (χ2v) is 6.27. The van der Waals surface area contributed by atoms with Gasteiger partial charge in [0.1, 0.15) is 0 Å². The van der Waals surface area contributed by atoms with Crippen LogP contribution in [0.1, 0.15) is 16.4 Å². The van der Waals surface area contributed by atoms with E-state index in [2.05, 4.69) is 39.5 Å². The molecular formula is C13H13BrClNS. The third-order valence-corrected chi connectivity index (χ3v) is 4.67. The van der Waals surface area contributed by atoms with Crippen LogP contribution in [0.4, 0.5) is 0 Å². The van der Waals surface area contributed by atoms with E-state index in [4.69, 9.17) is 17.3 Å². The van der Waals surface area contributed by atoms with E-state index < -0.39 is 0 Å². The summed E-state index contributed by atoms with van der Waals surface area (Å²) in [6, 6.07) is 10.1. The zero-order valence-electron chi connectivity index (χ0n) is 9.20. The van der Waals surface area contributed by atoms with Crippen LogP contribution in [0.25, 0.3) is 0 Å². The van der Waals surface area contributed by atoms with Crippen molar-refractivity contribution in [2.45, 2.75) is 12.3 Å². The molecule has 0 aliphatic heterocycles. The molecule has 1 heterocycles. The van der Waals surface area contributed by atoms with E-state index in [1.54, 1.807) is 11.3 Å². The van der Waals surface area contributed by atoms with E-state index in [-0.39, 0.29) is 0 Å². The number of halogens is 2. The maximum absolute atomic E-state index is 5.89. The van der Waals surface area contributed by atoms with Gasteiger partial charge in [0.15, 0.2) is 0 Å². The molecule has 1 unspecified atom stereocenters. The Bertz CT molecular complexity index is 480. The van der Waals surface area contributed by atoms with E-state index in [0.29, 0.717) is 12.5 Å². The first-order valence-corrected chi connectivity index (χ1v) is 7.42. The van der Waals surface area contributed by atoms with E-state index in [1.807, 2.05) is 12.1 Å². The molecule has 1 nitrogen and oxygen atoms in total. The quantitative estimate of drug-likeness (QED) is 0.880. The standard InChI is InChI=1S/C13H13BrClNS/c14-11-6-13(17-8-11)5-10(7-16)9-1-3-12(15)4-2-9/h1-4,6,8,10H,5,7,16H2. The molecule has 0 fully saturated rings. The Kier molecular flexibility index (Phi) is 4.62. The molecule has 4 heteroatoms. The zero-order chi connectivity index (χ0) is 12.3. The highest BCUT2D eigenvalue weighted by Gasteiger charge is 2.11. The molecule has 1 aromatic heterocycles. The molecule has 90 valence electrons. The summed E-state index contributed by atoms with van der Waals surface area (Å²) in [5, 5.41) is 2.87. The molecule has 0 saturated heterocycles. The first-order chi connectivity index (χ1) is 8.19. The lowest BCUT2D eigenvalue weighted by Gasteiger charge is -2.14. The number of nitrogens with two attached hydrogens (primary N) is 1. The summed E-state index contributed by atoms with van der Waals surface area (Å²) in [5.41, 5.74) is 7.11. The molecule has 0 amide bonds. The molecule has 0 aliphatic carbocycles. The monoisotopic (exact) mass is 329 g/mol. The first kappa shape index (κ1) is 13.1. The summed E-state index contributed by atoms with van der Waals surface area (Å²) in [6.45, 7) is 0.650. The number of hydrogen-bond acceptors (Lipinski definition) is 2. The fraction of sp³-hybridized carbons (Fsp3) is 0.231. The van der Waals surface area contributed by atoms with Crippen LogP contribution >= 0.6 is 38.9 Å². The van der Waals surface area contributed by atoms with Gasteiger partial charge in [-0.1, -0.05) is 23.7 Å². The second kappa shape index (κ2) is 6.01. The predicted octanol–water partition coefficient (Wildman–Crippen LogP) is 4.45. The van der Waals surface area contributed by atoms with Crippen LogP contribution in [0.5, 0.6) is 0 Å². The lowest BCUT2D eigenvalue weighted by molar-refractivity contribution is 0.701. The normalized spacial score (nSPS) is 12.6. The van der Waals surface area contributed by atoms with Crippen molar-refractivity contribution in [2.75, 3.05) is 6.54 Å². The fourth-order valence-electron chi connectivity index (χ4n) is 1.78. The van der Waals surface area contributed by atoms with Crippen molar-refractivity contribution in [1.29, 1.82) is 0 Å². The SMILES string of the molecule is NCC(Cc1cc(Br)cs1)c1ccc(Cl)cc1. The number of thiophene rings is 1. The van der Waals surface area contributed by atoms with Crippen LogP contribution in [0, 0.1) is 0 Å². The molecule has 0 spiro atoms. The van der Waals surface area contributed by atoms with Gasteiger partial charge in [-0.05, 0) is 52.7 Å². The summed E-state index contributed by atoms with van der Waals surface area (Å²) in [6.07, 6.45) is 0.981. The summed E-state index contributed by atoms with van der Waals surface area (Å²) >= 11 is 11.1. The second-order valence-electron chi connectivity index (χ2n) is 3.92. The smallest absolute Gasteiger partial charge is 0.0406 e. The Morgan fingerprint density at radius 3 is 2.53 bits per heavy atom. The molecule has 2 rings (SSSR count). The summed E-state index contributed by atoms with van der Waals surface area (Å²) in [5.74, 6) is 0.359. The summed E-state index contributed by atoms with van der Waals surface area (Å²) < 4.78 is 1.14. The van der Waals surface area contributed by atoms with Crippen molar-refractivity contribution >= 4 is 38.9 Å². The Hall–Kier alpha value is -0.350. The highest BCUT2D eigenvalue weighted by molar-refractivity contribution is 9.10. The Balaban J connectivity index is 2.13. The molecule has 0 bridgehead atoms. The van der Waals surface area contributed by atoms with Gasteiger partial charge >= 0.3 is 0 Å². The highest BCUT2D eigenvalue weighted by Crippen LogP contribution is 2.27. The average molecular weight is 331 g/mol. The molecular weight excluding hydrogens is 318 g/mol. The number of rotatable bonds is 4. The van der Waals surface area contributed by atoms with E-state index in [9.17, 15) is 0 Å².